The quantitative estimate of drug-likeness (QED) is 0.602. The van der Waals surface area contributed by atoms with Gasteiger partial charge in [0, 0.05) is 12.7 Å². The van der Waals surface area contributed by atoms with Gasteiger partial charge in [-0.3, -0.25) is 4.57 Å². The maximum absolute atomic E-state index is 13.0. The lowest BCUT2D eigenvalue weighted by atomic mass is 10.1. The summed E-state index contributed by atoms with van der Waals surface area (Å²) in [6.07, 6.45) is 3.45. The molecular weight excluding hydrogens is 329 g/mol. The van der Waals surface area contributed by atoms with Crippen LogP contribution in [0, 0.1) is 19.7 Å². The molecule has 0 radical (unpaired) electrons. The summed E-state index contributed by atoms with van der Waals surface area (Å²) in [6.45, 7) is 4.71. The average Bonchev–Trinajstić information content (AvgIpc) is 3.04. The van der Waals surface area contributed by atoms with Crippen LogP contribution in [0.5, 0.6) is 0 Å². The molecule has 0 atom stereocenters. The highest BCUT2D eigenvalue weighted by atomic mass is 19.1. The first-order valence-electron chi connectivity index (χ1n) is 8.36. The molecule has 2 heterocycles. The molecule has 130 valence electrons. The van der Waals surface area contributed by atoms with Crippen molar-refractivity contribution >= 4 is 16.9 Å². The Kier molecular flexibility index (Phi) is 4.08. The van der Waals surface area contributed by atoms with Gasteiger partial charge in [0.15, 0.2) is 0 Å². The van der Waals surface area contributed by atoms with Gasteiger partial charge in [-0.1, -0.05) is 12.1 Å². The van der Waals surface area contributed by atoms with Crippen molar-refractivity contribution in [2.45, 2.75) is 20.4 Å². The summed E-state index contributed by atoms with van der Waals surface area (Å²) in [5.74, 6) is 1.01. The van der Waals surface area contributed by atoms with E-state index >= 15 is 0 Å². The summed E-state index contributed by atoms with van der Waals surface area (Å²) in [5, 5.41) is 3.24. The zero-order valence-electron chi connectivity index (χ0n) is 14.6. The van der Waals surface area contributed by atoms with Gasteiger partial charge in [0.25, 0.3) is 0 Å². The normalized spacial score (nSPS) is 11.0. The van der Waals surface area contributed by atoms with Crippen LogP contribution in [0.3, 0.4) is 0 Å². The third-order valence-electron chi connectivity index (χ3n) is 4.41. The van der Waals surface area contributed by atoms with Gasteiger partial charge in [0.05, 0.1) is 11.0 Å². The van der Waals surface area contributed by atoms with E-state index in [0.29, 0.717) is 18.3 Å². The highest BCUT2D eigenvalue weighted by molar-refractivity contribution is 5.78. The molecule has 5 nitrogen and oxygen atoms in total. The number of hydrogen-bond acceptors (Lipinski definition) is 4. The second kappa shape index (κ2) is 6.55. The van der Waals surface area contributed by atoms with Crippen LogP contribution in [0.15, 0.2) is 55.0 Å². The Morgan fingerprint density at radius 1 is 1.00 bits per heavy atom. The Balaban J connectivity index is 1.61. The van der Waals surface area contributed by atoms with Crippen molar-refractivity contribution < 1.29 is 4.39 Å². The fourth-order valence-electron chi connectivity index (χ4n) is 2.78. The van der Waals surface area contributed by atoms with E-state index < -0.39 is 0 Å². The highest BCUT2D eigenvalue weighted by Gasteiger charge is 2.09. The number of aromatic nitrogens is 4. The van der Waals surface area contributed by atoms with E-state index in [1.807, 2.05) is 10.6 Å². The second-order valence-corrected chi connectivity index (χ2v) is 6.26. The van der Waals surface area contributed by atoms with Gasteiger partial charge < -0.3 is 5.32 Å². The summed E-state index contributed by atoms with van der Waals surface area (Å²) in [4.78, 5) is 13.4. The topological polar surface area (TPSA) is 55.6 Å². The molecule has 4 rings (SSSR count). The Morgan fingerprint density at radius 2 is 1.77 bits per heavy atom. The van der Waals surface area contributed by atoms with Gasteiger partial charge in [0.2, 0.25) is 5.95 Å². The number of halogens is 1. The SMILES string of the molecule is Cc1cc2ncn(-c3nccc(NCc4ccc(F)cc4)n3)c2cc1C. The Bertz CT molecular complexity index is 1070. The average molecular weight is 347 g/mol. The van der Waals surface area contributed by atoms with Crippen LogP contribution in [0.1, 0.15) is 16.7 Å². The molecule has 0 spiro atoms. The predicted molar refractivity (Wildman–Crippen MR) is 99.9 cm³/mol. The largest absolute Gasteiger partial charge is 0.366 e. The maximum Gasteiger partial charge on any atom is 0.237 e. The zero-order chi connectivity index (χ0) is 18.1. The van der Waals surface area contributed by atoms with Crippen LogP contribution in [0.25, 0.3) is 17.0 Å². The van der Waals surface area contributed by atoms with Crippen molar-refractivity contribution in [3.05, 3.63) is 77.5 Å². The molecule has 0 saturated heterocycles. The second-order valence-electron chi connectivity index (χ2n) is 6.26. The first-order chi connectivity index (χ1) is 12.6. The van der Waals surface area contributed by atoms with Gasteiger partial charge in [-0.25, -0.2) is 14.4 Å². The lowest BCUT2D eigenvalue weighted by molar-refractivity contribution is 0.627. The molecule has 2 aromatic heterocycles. The number of fused-ring (bicyclic) bond motifs is 1. The lowest BCUT2D eigenvalue weighted by Crippen LogP contribution is -2.05. The summed E-state index contributed by atoms with van der Waals surface area (Å²) < 4.78 is 14.9. The van der Waals surface area contributed by atoms with Gasteiger partial charge in [0.1, 0.15) is 18.0 Å². The molecule has 1 N–H and O–H groups in total. The molecular formula is C20H18FN5. The minimum absolute atomic E-state index is 0.240. The maximum atomic E-state index is 13.0. The lowest BCUT2D eigenvalue weighted by Gasteiger charge is -2.08. The van der Waals surface area contributed by atoms with Gasteiger partial charge in [-0.05, 0) is 60.9 Å². The van der Waals surface area contributed by atoms with E-state index in [-0.39, 0.29) is 5.82 Å². The number of benzene rings is 2. The number of anilines is 1. The highest BCUT2D eigenvalue weighted by Crippen LogP contribution is 2.21. The Hall–Kier alpha value is -3.28. The van der Waals surface area contributed by atoms with Crippen molar-refractivity contribution in [3.63, 3.8) is 0 Å². The molecule has 26 heavy (non-hydrogen) atoms. The molecule has 2 aromatic carbocycles. The van der Waals surface area contributed by atoms with Gasteiger partial charge in [-0.15, -0.1) is 0 Å². The number of nitrogens with zero attached hydrogens (tertiary/aromatic N) is 4. The van der Waals surface area contributed by atoms with Gasteiger partial charge >= 0.3 is 0 Å². The van der Waals surface area contributed by atoms with E-state index in [9.17, 15) is 4.39 Å². The van der Waals surface area contributed by atoms with E-state index in [0.717, 1.165) is 16.6 Å². The zero-order valence-corrected chi connectivity index (χ0v) is 14.6. The fraction of sp³-hybridized carbons (Fsp3) is 0.150. The minimum atomic E-state index is -0.240. The molecule has 0 aliphatic carbocycles. The van der Waals surface area contributed by atoms with Crippen LogP contribution < -0.4 is 5.32 Å². The van der Waals surface area contributed by atoms with Crippen LogP contribution in [0.2, 0.25) is 0 Å². The number of rotatable bonds is 4. The summed E-state index contributed by atoms with van der Waals surface area (Å²) >= 11 is 0. The molecule has 0 aliphatic rings. The standard InChI is InChI=1S/C20H18FN5/c1-13-9-17-18(10-14(13)2)26(12-24-17)20-22-8-7-19(25-20)23-11-15-3-5-16(21)6-4-15/h3-10,12H,11H2,1-2H3,(H,22,23,25). The molecule has 0 fully saturated rings. The van der Waals surface area contributed by atoms with Crippen molar-refractivity contribution in [2.24, 2.45) is 0 Å². The Labute approximate surface area is 150 Å². The first kappa shape index (κ1) is 16.2. The predicted octanol–water partition coefficient (Wildman–Crippen LogP) is 4.18. The number of imidazole rings is 1. The van der Waals surface area contributed by atoms with Crippen molar-refractivity contribution in [1.29, 1.82) is 0 Å². The van der Waals surface area contributed by atoms with E-state index in [4.69, 9.17) is 0 Å². The molecule has 0 aliphatic heterocycles. The molecule has 0 unspecified atom stereocenters. The van der Waals surface area contributed by atoms with E-state index in [2.05, 4.69) is 46.2 Å². The first-order valence-corrected chi connectivity index (χ1v) is 8.36. The van der Waals surface area contributed by atoms with E-state index in [1.165, 1.54) is 23.3 Å². The monoisotopic (exact) mass is 347 g/mol. The number of hydrogen-bond donors (Lipinski definition) is 1. The molecule has 4 aromatic rings. The molecule has 0 amide bonds. The molecule has 0 bridgehead atoms. The molecule has 0 saturated carbocycles. The Morgan fingerprint density at radius 3 is 2.58 bits per heavy atom. The van der Waals surface area contributed by atoms with Crippen LogP contribution in [0.4, 0.5) is 10.2 Å². The van der Waals surface area contributed by atoms with Crippen molar-refractivity contribution in [3.8, 4) is 5.95 Å². The molecule has 6 heteroatoms. The van der Waals surface area contributed by atoms with Crippen molar-refractivity contribution in [1.82, 2.24) is 19.5 Å². The third kappa shape index (κ3) is 3.13. The van der Waals surface area contributed by atoms with Crippen LogP contribution in [-0.2, 0) is 6.54 Å². The van der Waals surface area contributed by atoms with E-state index in [1.54, 1.807) is 24.7 Å². The number of aryl methyl sites for hydroxylation is 2. The minimum Gasteiger partial charge on any atom is -0.366 e. The summed E-state index contributed by atoms with van der Waals surface area (Å²) in [5.41, 5.74) is 5.28. The van der Waals surface area contributed by atoms with Crippen LogP contribution in [-0.4, -0.2) is 19.5 Å². The summed E-state index contributed by atoms with van der Waals surface area (Å²) in [6, 6.07) is 12.4. The van der Waals surface area contributed by atoms with Gasteiger partial charge in [-0.2, -0.15) is 4.98 Å². The number of nitrogens with one attached hydrogen (secondary N) is 1. The summed E-state index contributed by atoms with van der Waals surface area (Å²) in [7, 11) is 0. The van der Waals surface area contributed by atoms with Crippen LogP contribution >= 0.6 is 0 Å². The van der Waals surface area contributed by atoms with Crippen molar-refractivity contribution in [2.75, 3.05) is 5.32 Å². The third-order valence-corrected chi connectivity index (χ3v) is 4.41. The fourth-order valence-corrected chi connectivity index (χ4v) is 2.78. The smallest absolute Gasteiger partial charge is 0.237 e.